The Morgan fingerprint density at radius 3 is 2.85 bits per heavy atom. The first-order valence-corrected chi connectivity index (χ1v) is 9.26. The highest BCUT2D eigenvalue weighted by Crippen LogP contribution is 2.20. The predicted molar refractivity (Wildman–Crippen MR) is 80.0 cm³/mol. The van der Waals surface area contributed by atoms with Crippen LogP contribution in [0, 0.1) is 0 Å². The highest BCUT2D eigenvalue weighted by Gasteiger charge is 2.23. The zero-order chi connectivity index (χ0) is 13.9. The molecular weight excluding hydrogens is 272 g/mol. The lowest BCUT2D eigenvalue weighted by Crippen LogP contribution is -2.38. The van der Waals surface area contributed by atoms with Crippen LogP contribution in [-0.2, 0) is 23.8 Å². The molecule has 0 saturated carbocycles. The van der Waals surface area contributed by atoms with Gasteiger partial charge in [-0.05, 0) is 32.6 Å². The molecule has 1 fully saturated rings. The third-order valence-corrected chi connectivity index (χ3v) is 5.78. The van der Waals surface area contributed by atoms with Crippen LogP contribution < -0.4 is 5.32 Å². The second-order valence-electron chi connectivity index (χ2n) is 5.95. The van der Waals surface area contributed by atoms with E-state index in [0.29, 0.717) is 6.04 Å². The quantitative estimate of drug-likeness (QED) is 0.920. The van der Waals surface area contributed by atoms with Gasteiger partial charge in [0.05, 0.1) is 6.04 Å². The van der Waals surface area contributed by atoms with Crippen molar-refractivity contribution in [1.82, 2.24) is 20.1 Å². The Kier molecular flexibility index (Phi) is 4.51. The van der Waals surface area contributed by atoms with Gasteiger partial charge < -0.3 is 9.88 Å². The lowest BCUT2D eigenvalue weighted by Gasteiger charge is -2.26. The van der Waals surface area contributed by atoms with Gasteiger partial charge >= 0.3 is 0 Å². The molecule has 1 atom stereocenters. The molecule has 3 rings (SSSR count). The third-order valence-electron chi connectivity index (χ3n) is 4.40. The molecule has 0 aliphatic carbocycles. The molecule has 112 valence electrons. The number of rotatable bonds is 3. The second kappa shape index (κ2) is 6.35. The van der Waals surface area contributed by atoms with Gasteiger partial charge in [-0.2, -0.15) is 0 Å². The number of hydrogen-bond acceptors (Lipinski definition) is 4. The Hall–Kier alpha value is -0.750. The number of hydrogen-bond donors (Lipinski definition) is 1. The predicted octanol–water partition coefficient (Wildman–Crippen LogP) is 1.57. The van der Waals surface area contributed by atoms with Crippen LogP contribution >= 0.6 is 0 Å². The fraction of sp³-hybridized carbons (Fsp3) is 0.857. The van der Waals surface area contributed by atoms with Crippen molar-refractivity contribution in [1.29, 1.82) is 0 Å². The van der Waals surface area contributed by atoms with Crippen molar-refractivity contribution >= 4 is 10.8 Å². The Morgan fingerprint density at radius 1 is 1.25 bits per heavy atom. The van der Waals surface area contributed by atoms with E-state index in [4.69, 9.17) is 0 Å². The minimum atomic E-state index is -0.590. The summed E-state index contributed by atoms with van der Waals surface area (Å²) in [6, 6.07) is 0.701. The third kappa shape index (κ3) is 3.11. The van der Waals surface area contributed by atoms with Crippen LogP contribution in [0.25, 0.3) is 0 Å². The van der Waals surface area contributed by atoms with E-state index < -0.39 is 10.8 Å². The summed E-state index contributed by atoms with van der Waals surface area (Å²) in [7, 11) is -0.590. The Balaban J connectivity index is 1.66. The van der Waals surface area contributed by atoms with Gasteiger partial charge in [-0.1, -0.05) is 6.42 Å². The summed E-state index contributed by atoms with van der Waals surface area (Å²) in [6.45, 7) is 3.23. The normalized spacial score (nSPS) is 28.6. The molecule has 6 heteroatoms. The summed E-state index contributed by atoms with van der Waals surface area (Å²) in [5.41, 5.74) is 0. The van der Waals surface area contributed by atoms with Crippen molar-refractivity contribution in [2.45, 2.75) is 64.1 Å². The number of fused-ring (bicyclic) bond motifs is 1. The topological polar surface area (TPSA) is 59.8 Å². The highest BCUT2D eigenvalue weighted by molar-refractivity contribution is 7.85. The lowest BCUT2D eigenvalue weighted by atomic mass is 10.1. The van der Waals surface area contributed by atoms with Crippen LogP contribution in [0.3, 0.4) is 0 Å². The van der Waals surface area contributed by atoms with Gasteiger partial charge in [0.25, 0.3) is 0 Å². The maximum atomic E-state index is 11.4. The molecule has 0 aromatic carbocycles. The summed E-state index contributed by atoms with van der Waals surface area (Å²) in [5.74, 6) is 3.90. The lowest BCUT2D eigenvalue weighted by molar-refractivity contribution is 0.404. The Bertz CT molecular complexity index is 478. The van der Waals surface area contributed by atoms with Crippen LogP contribution in [0.15, 0.2) is 0 Å². The van der Waals surface area contributed by atoms with Gasteiger partial charge in [-0.25, -0.2) is 0 Å². The molecule has 1 saturated heterocycles. The van der Waals surface area contributed by atoms with Crippen molar-refractivity contribution in [3.8, 4) is 0 Å². The van der Waals surface area contributed by atoms with Crippen LogP contribution in [0.1, 0.15) is 56.7 Å². The fourth-order valence-electron chi connectivity index (χ4n) is 3.22. The molecule has 5 nitrogen and oxygen atoms in total. The molecule has 2 aliphatic rings. The summed E-state index contributed by atoms with van der Waals surface area (Å²) in [6.07, 6.45) is 6.83. The maximum absolute atomic E-state index is 11.4. The summed E-state index contributed by atoms with van der Waals surface area (Å²) < 4.78 is 13.7. The van der Waals surface area contributed by atoms with E-state index in [1.54, 1.807) is 0 Å². The molecule has 1 N–H and O–H groups in total. The van der Waals surface area contributed by atoms with E-state index in [9.17, 15) is 4.21 Å². The molecule has 1 unspecified atom stereocenters. The van der Waals surface area contributed by atoms with Crippen molar-refractivity contribution in [3.63, 3.8) is 0 Å². The number of nitrogens with zero attached hydrogens (tertiary/aromatic N) is 3. The summed E-state index contributed by atoms with van der Waals surface area (Å²) in [4.78, 5) is 0. The van der Waals surface area contributed by atoms with Crippen molar-refractivity contribution < 1.29 is 4.21 Å². The zero-order valence-electron chi connectivity index (χ0n) is 12.2. The zero-order valence-corrected chi connectivity index (χ0v) is 13.0. The average Bonchev–Trinajstić information content (AvgIpc) is 2.71. The standard InChI is InChI=1S/C14H24N4OS/c1-11(15-12-6-9-20(19)10-7-12)14-17-16-13-5-3-2-4-8-18(13)14/h11-12,15H,2-10H2,1H3. The molecule has 3 heterocycles. The largest absolute Gasteiger partial charge is 0.314 e. The molecular formula is C14H24N4OS. The van der Waals surface area contributed by atoms with Crippen molar-refractivity contribution in [2.75, 3.05) is 11.5 Å². The second-order valence-corrected chi connectivity index (χ2v) is 7.64. The fourth-order valence-corrected chi connectivity index (χ4v) is 4.52. The molecule has 0 bridgehead atoms. The number of nitrogens with one attached hydrogen (secondary N) is 1. The van der Waals surface area contributed by atoms with Gasteiger partial charge in [0, 0.05) is 41.3 Å². The highest BCUT2D eigenvalue weighted by atomic mass is 32.2. The van der Waals surface area contributed by atoms with Gasteiger partial charge in [-0.15, -0.1) is 10.2 Å². The Labute approximate surface area is 123 Å². The van der Waals surface area contributed by atoms with Gasteiger partial charge in [0.1, 0.15) is 11.6 Å². The summed E-state index contributed by atoms with van der Waals surface area (Å²) in [5, 5.41) is 12.4. The SMILES string of the molecule is CC(NC1CCS(=O)CC1)c1nnc2n1CCCCC2. The maximum Gasteiger partial charge on any atom is 0.149 e. The molecule has 1 aromatic rings. The van der Waals surface area contributed by atoms with Crippen molar-refractivity contribution in [3.05, 3.63) is 11.6 Å². The number of aromatic nitrogens is 3. The monoisotopic (exact) mass is 296 g/mol. The van der Waals surface area contributed by atoms with E-state index in [2.05, 4.69) is 27.0 Å². The minimum Gasteiger partial charge on any atom is -0.314 e. The first-order chi connectivity index (χ1) is 9.74. The van der Waals surface area contributed by atoms with E-state index in [-0.39, 0.29) is 6.04 Å². The van der Waals surface area contributed by atoms with E-state index in [1.807, 2.05) is 0 Å². The molecule has 0 radical (unpaired) electrons. The first-order valence-electron chi connectivity index (χ1n) is 7.77. The molecule has 0 amide bonds. The van der Waals surface area contributed by atoms with Crippen molar-refractivity contribution in [2.24, 2.45) is 0 Å². The van der Waals surface area contributed by atoms with Crippen LogP contribution in [0.4, 0.5) is 0 Å². The first kappa shape index (κ1) is 14.2. The molecule has 1 aromatic heterocycles. The van der Waals surface area contributed by atoms with Crippen LogP contribution in [0.2, 0.25) is 0 Å². The Morgan fingerprint density at radius 2 is 2.05 bits per heavy atom. The average molecular weight is 296 g/mol. The van der Waals surface area contributed by atoms with Crippen LogP contribution in [0.5, 0.6) is 0 Å². The van der Waals surface area contributed by atoms with Crippen LogP contribution in [-0.4, -0.2) is 36.5 Å². The van der Waals surface area contributed by atoms with Gasteiger partial charge in [-0.3, -0.25) is 4.21 Å². The molecule has 2 aliphatic heterocycles. The smallest absolute Gasteiger partial charge is 0.149 e. The van der Waals surface area contributed by atoms with Gasteiger partial charge in [0.2, 0.25) is 0 Å². The van der Waals surface area contributed by atoms with E-state index in [0.717, 1.165) is 49.0 Å². The van der Waals surface area contributed by atoms with E-state index >= 15 is 0 Å². The molecule has 20 heavy (non-hydrogen) atoms. The minimum absolute atomic E-state index is 0.228. The van der Waals surface area contributed by atoms with E-state index in [1.165, 1.54) is 19.3 Å². The van der Waals surface area contributed by atoms with Gasteiger partial charge in [0.15, 0.2) is 0 Å². The number of aryl methyl sites for hydroxylation is 1. The summed E-state index contributed by atoms with van der Waals surface area (Å²) >= 11 is 0. The molecule has 0 spiro atoms.